The fourth-order valence-corrected chi connectivity index (χ4v) is 1.59. The van der Waals surface area contributed by atoms with Crippen molar-refractivity contribution in [2.75, 3.05) is 0 Å². The van der Waals surface area contributed by atoms with Gasteiger partial charge < -0.3 is 5.73 Å². The molecular formula is C16H15N3O. The van der Waals surface area contributed by atoms with E-state index in [1.807, 2.05) is 48.5 Å². The third-order valence-corrected chi connectivity index (χ3v) is 2.62. The monoisotopic (exact) mass is 265 g/mol. The van der Waals surface area contributed by atoms with Crippen LogP contribution in [0.4, 0.5) is 0 Å². The molecule has 0 aromatic heterocycles. The zero-order valence-corrected chi connectivity index (χ0v) is 10.9. The van der Waals surface area contributed by atoms with E-state index in [9.17, 15) is 4.79 Å². The second-order valence-corrected chi connectivity index (χ2v) is 4.06. The van der Waals surface area contributed by atoms with Crippen molar-refractivity contribution in [2.24, 2.45) is 10.8 Å². The van der Waals surface area contributed by atoms with Crippen molar-refractivity contribution in [1.82, 2.24) is 5.43 Å². The van der Waals surface area contributed by atoms with Gasteiger partial charge >= 0.3 is 0 Å². The molecule has 20 heavy (non-hydrogen) atoms. The summed E-state index contributed by atoms with van der Waals surface area (Å²) in [5.41, 5.74) is 9.89. The number of hydrogen-bond acceptors (Lipinski definition) is 3. The first-order valence-electron chi connectivity index (χ1n) is 6.17. The SMILES string of the molecule is NC(=NN/C=C/C(=O)c1ccccc1)c1ccccc1. The van der Waals surface area contributed by atoms with Crippen molar-refractivity contribution >= 4 is 11.6 Å². The van der Waals surface area contributed by atoms with Crippen LogP contribution in [-0.2, 0) is 0 Å². The van der Waals surface area contributed by atoms with E-state index < -0.39 is 0 Å². The molecule has 4 heteroatoms. The third-order valence-electron chi connectivity index (χ3n) is 2.62. The lowest BCUT2D eigenvalue weighted by Crippen LogP contribution is -2.16. The summed E-state index contributed by atoms with van der Waals surface area (Å²) < 4.78 is 0. The summed E-state index contributed by atoms with van der Waals surface area (Å²) in [5.74, 6) is 0.272. The molecule has 0 aliphatic rings. The third kappa shape index (κ3) is 3.81. The molecule has 0 amide bonds. The quantitative estimate of drug-likeness (QED) is 0.286. The average molecular weight is 265 g/mol. The van der Waals surface area contributed by atoms with Crippen molar-refractivity contribution < 1.29 is 4.79 Å². The molecule has 2 rings (SSSR count). The zero-order chi connectivity index (χ0) is 14.2. The molecule has 0 unspecified atom stereocenters. The minimum atomic E-state index is -0.0911. The van der Waals surface area contributed by atoms with Gasteiger partial charge in [0.25, 0.3) is 0 Å². The Bertz CT molecular complexity index is 619. The van der Waals surface area contributed by atoms with Crippen molar-refractivity contribution in [3.63, 3.8) is 0 Å². The lowest BCUT2D eigenvalue weighted by molar-refractivity contribution is 0.104. The summed E-state index contributed by atoms with van der Waals surface area (Å²) in [4.78, 5) is 11.8. The lowest BCUT2D eigenvalue weighted by atomic mass is 10.1. The molecule has 3 N–H and O–H groups in total. The summed E-state index contributed by atoms with van der Waals surface area (Å²) in [7, 11) is 0. The average Bonchev–Trinajstić information content (AvgIpc) is 2.53. The molecule has 0 atom stereocenters. The Kier molecular flexibility index (Phi) is 4.67. The largest absolute Gasteiger partial charge is 0.382 e. The van der Waals surface area contributed by atoms with E-state index in [1.165, 1.54) is 12.3 Å². The smallest absolute Gasteiger partial charge is 0.187 e. The minimum absolute atomic E-state index is 0.0911. The number of hydrazone groups is 1. The van der Waals surface area contributed by atoms with E-state index in [0.717, 1.165) is 5.56 Å². The van der Waals surface area contributed by atoms with Crippen LogP contribution in [0, 0.1) is 0 Å². The highest BCUT2D eigenvalue weighted by Crippen LogP contribution is 2.00. The van der Waals surface area contributed by atoms with Crippen LogP contribution in [0.25, 0.3) is 0 Å². The van der Waals surface area contributed by atoms with Crippen molar-refractivity contribution in [3.05, 3.63) is 84.1 Å². The normalized spacial score (nSPS) is 11.5. The number of nitrogens with zero attached hydrogens (tertiary/aromatic N) is 1. The number of amidine groups is 1. The second kappa shape index (κ2) is 6.89. The number of carbonyl (C=O) groups excluding carboxylic acids is 1. The van der Waals surface area contributed by atoms with Gasteiger partial charge in [-0.15, -0.1) is 0 Å². The Morgan fingerprint density at radius 1 is 0.950 bits per heavy atom. The molecule has 0 bridgehead atoms. The molecule has 0 spiro atoms. The van der Waals surface area contributed by atoms with Crippen molar-refractivity contribution in [3.8, 4) is 0 Å². The highest BCUT2D eigenvalue weighted by atomic mass is 16.1. The van der Waals surface area contributed by atoms with Crippen LogP contribution in [0.15, 0.2) is 78.0 Å². The number of allylic oxidation sites excluding steroid dienone is 1. The number of nitrogens with two attached hydrogens (primary N) is 1. The summed E-state index contributed by atoms with van der Waals surface area (Å²) in [6, 6.07) is 18.4. The molecule has 2 aromatic carbocycles. The van der Waals surface area contributed by atoms with Crippen LogP contribution in [0.3, 0.4) is 0 Å². The van der Waals surface area contributed by atoms with Crippen LogP contribution in [-0.4, -0.2) is 11.6 Å². The first kappa shape index (κ1) is 13.5. The van der Waals surface area contributed by atoms with Crippen LogP contribution < -0.4 is 11.2 Å². The van der Waals surface area contributed by atoms with Gasteiger partial charge in [-0.3, -0.25) is 10.2 Å². The Balaban J connectivity index is 1.93. The maximum atomic E-state index is 11.8. The summed E-state index contributed by atoms with van der Waals surface area (Å²) in [6.07, 6.45) is 2.88. The first-order valence-corrected chi connectivity index (χ1v) is 6.17. The van der Waals surface area contributed by atoms with Crippen LogP contribution in [0.5, 0.6) is 0 Å². The van der Waals surface area contributed by atoms with Crippen molar-refractivity contribution in [1.29, 1.82) is 0 Å². The molecule has 0 saturated heterocycles. The molecule has 100 valence electrons. The highest BCUT2D eigenvalue weighted by molar-refractivity contribution is 6.04. The van der Waals surface area contributed by atoms with Gasteiger partial charge in [-0.05, 0) is 0 Å². The van der Waals surface area contributed by atoms with Gasteiger partial charge in [0.05, 0.1) is 0 Å². The molecule has 2 aromatic rings. The fourth-order valence-electron chi connectivity index (χ4n) is 1.59. The van der Waals surface area contributed by atoms with Gasteiger partial charge in [-0.1, -0.05) is 60.7 Å². The number of ketones is 1. The van der Waals surface area contributed by atoms with Gasteiger partial charge in [0.15, 0.2) is 11.6 Å². The second-order valence-electron chi connectivity index (χ2n) is 4.06. The predicted octanol–water partition coefficient (Wildman–Crippen LogP) is 2.29. The maximum absolute atomic E-state index is 11.8. The Labute approximate surface area is 117 Å². The van der Waals surface area contributed by atoms with Gasteiger partial charge in [0, 0.05) is 23.4 Å². The number of rotatable bonds is 5. The lowest BCUT2D eigenvalue weighted by Gasteiger charge is -1.99. The molecule has 4 nitrogen and oxygen atoms in total. The van der Waals surface area contributed by atoms with E-state index in [1.54, 1.807) is 12.1 Å². The minimum Gasteiger partial charge on any atom is -0.382 e. The molecule has 0 saturated carbocycles. The van der Waals surface area contributed by atoms with Crippen LogP contribution >= 0.6 is 0 Å². The molecule has 0 radical (unpaired) electrons. The highest BCUT2D eigenvalue weighted by Gasteiger charge is 1.98. The van der Waals surface area contributed by atoms with E-state index in [2.05, 4.69) is 10.5 Å². The molecule has 0 aliphatic heterocycles. The summed E-state index contributed by atoms with van der Waals surface area (Å²) in [5, 5.41) is 3.97. The molecule has 0 fully saturated rings. The van der Waals surface area contributed by atoms with Crippen molar-refractivity contribution in [2.45, 2.75) is 0 Å². The number of carbonyl (C=O) groups is 1. The first-order chi connectivity index (χ1) is 9.77. The number of nitrogens with one attached hydrogen (secondary N) is 1. The standard InChI is InChI=1S/C16H15N3O/c17-16(14-9-5-2-6-10-14)19-18-12-11-15(20)13-7-3-1-4-8-13/h1-12,18H,(H2,17,19)/b12-11+. The number of benzene rings is 2. The molecule has 0 aliphatic carbocycles. The summed E-state index contributed by atoms with van der Waals surface area (Å²) >= 11 is 0. The maximum Gasteiger partial charge on any atom is 0.187 e. The summed E-state index contributed by atoms with van der Waals surface area (Å²) in [6.45, 7) is 0. The zero-order valence-electron chi connectivity index (χ0n) is 10.9. The topological polar surface area (TPSA) is 67.5 Å². The Morgan fingerprint density at radius 2 is 1.50 bits per heavy atom. The molecular weight excluding hydrogens is 250 g/mol. The fraction of sp³-hybridized carbons (Fsp3) is 0. The van der Waals surface area contributed by atoms with E-state index in [4.69, 9.17) is 5.73 Å². The van der Waals surface area contributed by atoms with Gasteiger partial charge in [-0.2, -0.15) is 5.10 Å². The Hall–Kier alpha value is -2.88. The Morgan fingerprint density at radius 3 is 2.10 bits per heavy atom. The van der Waals surface area contributed by atoms with Crippen LogP contribution in [0.2, 0.25) is 0 Å². The van der Waals surface area contributed by atoms with E-state index in [-0.39, 0.29) is 5.78 Å². The predicted molar refractivity (Wildman–Crippen MR) is 80.2 cm³/mol. The number of hydrogen-bond donors (Lipinski definition) is 2. The van der Waals surface area contributed by atoms with Crippen LogP contribution in [0.1, 0.15) is 15.9 Å². The molecule has 0 heterocycles. The van der Waals surface area contributed by atoms with E-state index >= 15 is 0 Å². The van der Waals surface area contributed by atoms with Gasteiger partial charge in [-0.25, -0.2) is 0 Å². The van der Waals surface area contributed by atoms with E-state index in [0.29, 0.717) is 11.4 Å². The van der Waals surface area contributed by atoms with Gasteiger partial charge in [0.2, 0.25) is 0 Å². The van der Waals surface area contributed by atoms with Gasteiger partial charge in [0.1, 0.15) is 0 Å².